The SMILES string of the molecule is CN1C(=O)C(=O)N(CC(=O)Nc2c(Cl)cccc2Cl)C1=O. The van der Waals surface area contributed by atoms with Crippen molar-refractivity contribution in [1.82, 2.24) is 9.80 Å². The molecule has 0 saturated carbocycles. The summed E-state index contributed by atoms with van der Waals surface area (Å²) in [5.41, 5.74) is 0.171. The van der Waals surface area contributed by atoms with Crippen LogP contribution in [0.1, 0.15) is 0 Å². The molecule has 0 radical (unpaired) electrons. The lowest BCUT2D eigenvalue weighted by molar-refractivity contribution is -0.143. The Morgan fingerprint density at radius 2 is 1.71 bits per heavy atom. The van der Waals surface area contributed by atoms with Crippen LogP contribution >= 0.6 is 23.2 Å². The Hall–Kier alpha value is -2.12. The first kappa shape index (κ1) is 15.3. The molecule has 0 unspecified atom stereocenters. The highest BCUT2D eigenvalue weighted by molar-refractivity contribution is 6.45. The van der Waals surface area contributed by atoms with Crippen LogP contribution in [0.4, 0.5) is 10.5 Å². The van der Waals surface area contributed by atoms with Crippen molar-refractivity contribution >= 4 is 52.6 Å². The Labute approximate surface area is 129 Å². The van der Waals surface area contributed by atoms with Crippen LogP contribution in [-0.2, 0) is 14.4 Å². The van der Waals surface area contributed by atoms with Crippen molar-refractivity contribution in [3.8, 4) is 0 Å². The molecule has 21 heavy (non-hydrogen) atoms. The quantitative estimate of drug-likeness (QED) is 0.669. The Morgan fingerprint density at radius 3 is 2.19 bits per heavy atom. The maximum atomic E-state index is 11.9. The van der Waals surface area contributed by atoms with Gasteiger partial charge in [0.25, 0.3) is 0 Å². The maximum Gasteiger partial charge on any atom is 0.334 e. The molecule has 1 aliphatic rings. The molecule has 1 fully saturated rings. The van der Waals surface area contributed by atoms with E-state index >= 15 is 0 Å². The van der Waals surface area contributed by atoms with Gasteiger partial charge in [-0.15, -0.1) is 0 Å². The first-order valence-corrected chi connectivity index (χ1v) is 6.46. The van der Waals surface area contributed by atoms with Crippen LogP contribution in [0.25, 0.3) is 0 Å². The number of para-hydroxylation sites is 1. The monoisotopic (exact) mass is 329 g/mol. The lowest BCUT2D eigenvalue weighted by atomic mass is 10.3. The Kier molecular flexibility index (Phi) is 4.15. The first-order valence-electron chi connectivity index (χ1n) is 5.70. The fraction of sp³-hybridized carbons (Fsp3) is 0.167. The number of imide groups is 2. The van der Waals surface area contributed by atoms with Gasteiger partial charge in [-0.1, -0.05) is 29.3 Å². The zero-order chi connectivity index (χ0) is 15.7. The molecule has 0 bridgehead atoms. The number of nitrogens with zero attached hydrogens (tertiary/aromatic N) is 2. The van der Waals surface area contributed by atoms with Crippen molar-refractivity contribution in [3.63, 3.8) is 0 Å². The lowest BCUT2D eigenvalue weighted by Gasteiger charge is -2.14. The van der Waals surface area contributed by atoms with Crippen LogP contribution < -0.4 is 5.32 Å². The van der Waals surface area contributed by atoms with Gasteiger partial charge in [0.05, 0.1) is 15.7 Å². The third kappa shape index (κ3) is 2.84. The molecule has 1 saturated heterocycles. The number of halogens is 2. The molecule has 1 N–H and O–H groups in total. The standard InChI is InChI=1S/C12H9Cl2N3O4/c1-16-10(19)11(20)17(12(16)21)5-8(18)15-9-6(13)3-2-4-7(9)14/h2-4H,5H2,1H3,(H,15,18). The average molecular weight is 330 g/mol. The van der Waals surface area contributed by atoms with E-state index in [1.165, 1.54) is 12.1 Å². The summed E-state index contributed by atoms with van der Waals surface area (Å²) >= 11 is 11.8. The summed E-state index contributed by atoms with van der Waals surface area (Å²) in [4.78, 5) is 47.5. The number of carbonyl (C=O) groups is 4. The van der Waals surface area contributed by atoms with Crippen LogP contribution in [0.5, 0.6) is 0 Å². The maximum absolute atomic E-state index is 11.9. The van der Waals surface area contributed by atoms with Gasteiger partial charge >= 0.3 is 17.8 Å². The van der Waals surface area contributed by atoms with Gasteiger partial charge < -0.3 is 5.32 Å². The average Bonchev–Trinajstić information content (AvgIpc) is 2.61. The second-order valence-electron chi connectivity index (χ2n) is 4.18. The molecule has 0 aromatic heterocycles. The van der Waals surface area contributed by atoms with Crippen molar-refractivity contribution in [1.29, 1.82) is 0 Å². The number of hydrogen-bond acceptors (Lipinski definition) is 4. The minimum atomic E-state index is -1.05. The number of amides is 5. The van der Waals surface area contributed by atoms with Gasteiger partial charge in [0.15, 0.2) is 0 Å². The smallest absolute Gasteiger partial charge is 0.322 e. The van der Waals surface area contributed by atoms with E-state index in [0.717, 1.165) is 7.05 Å². The molecule has 0 spiro atoms. The minimum absolute atomic E-state index is 0.171. The third-order valence-electron chi connectivity index (χ3n) is 2.78. The van der Waals surface area contributed by atoms with Crippen LogP contribution in [-0.4, -0.2) is 47.1 Å². The molecule has 9 heteroatoms. The molecular weight excluding hydrogens is 321 g/mol. The van der Waals surface area contributed by atoms with Gasteiger partial charge in [0.1, 0.15) is 6.54 Å². The van der Waals surface area contributed by atoms with Crippen LogP contribution in [0.15, 0.2) is 18.2 Å². The topological polar surface area (TPSA) is 86.8 Å². The van der Waals surface area contributed by atoms with Crippen molar-refractivity contribution < 1.29 is 19.2 Å². The van der Waals surface area contributed by atoms with Crippen LogP contribution in [0.3, 0.4) is 0 Å². The van der Waals surface area contributed by atoms with Crippen LogP contribution in [0, 0.1) is 0 Å². The van der Waals surface area contributed by atoms with Crippen LogP contribution in [0.2, 0.25) is 10.0 Å². The molecule has 1 heterocycles. The number of urea groups is 1. The van der Waals surface area contributed by atoms with E-state index in [1.807, 2.05) is 0 Å². The highest BCUT2D eigenvalue weighted by atomic mass is 35.5. The van der Waals surface area contributed by atoms with Gasteiger partial charge in [-0.25, -0.2) is 9.69 Å². The van der Waals surface area contributed by atoms with E-state index in [1.54, 1.807) is 6.07 Å². The number of anilines is 1. The van der Waals surface area contributed by atoms with Crippen molar-refractivity contribution in [3.05, 3.63) is 28.2 Å². The summed E-state index contributed by atoms with van der Waals surface area (Å²) in [5.74, 6) is -2.73. The second kappa shape index (κ2) is 5.71. The fourth-order valence-electron chi connectivity index (χ4n) is 1.69. The second-order valence-corrected chi connectivity index (χ2v) is 5.00. The van der Waals surface area contributed by atoms with Gasteiger partial charge in [-0.05, 0) is 12.1 Å². The van der Waals surface area contributed by atoms with Crippen molar-refractivity contribution in [2.75, 3.05) is 18.9 Å². The van der Waals surface area contributed by atoms with E-state index in [0.29, 0.717) is 9.80 Å². The summed E-state index contributed by atoms with van der Waals surface area (Å²) in [6.07, 6.45) is 0. The Balaban J connectivity index is 2.11. The molecular formula is C12H9Cl2N3O4. The zero-order valence-corrected chi connectivity index (χ0v) is 12.2. The number of hydrogen-bond donors (Lipinski definition) is 1. The minimum Gasteiger partial charge on any atom is -0.322 e. The first-order chi connectivity index (χ1) is 9.82. The van der Waals surface area contributed by atoms with E-state index < -0.39 is 30.3 Å². The van der Waals surface area contributed by atoms with E-state index in [2.05, 4.69) is 5.32 Å². The predicted molar refractivity (Wildman–Crippen MR) is 75.0 cm³/mol. The molecule has 1 aliphatic heterocycles. The van der Waals surface area contributed by atoms with Gasteiger partial charge in [0, 0.05) is 7.05 Å². The number of rotatable bonds is 3. The molecule has 110 valence electrons. The molecule has 0 aliphatic carbocycles. The number of nitrogens with one attached hydrogen (secondary N) is 1. The molecule has 5 amide bonds. The Morgan fingerprint density at radius 1 is 1.14 bits per heavy atom. The fourth-order valence-corrected chi connectivity index (χ4v) is 2.18. The predicted octanol–water partition coefficient (Wildman–Crippen LogP) is 1.35. The number of carbonyl (C=O) groups excluding carboxylic acids is 4. The third-order valence-corrected chi connectivity index (χ3v) is 3.41. The normalized spacial score (nSPS) is 14.9. The molecule has 0 atom stereocenters. The van der Waals surface area contributed by atoms with E-state index in [4.69, 9.17) is 23.2 Å². The number of benzene rings is 1. The molecule has 1 aromatic rings. The van der Waals surface area contributed by atoms with E-state index in [-0.39, 0.29) is 15.7 Å². The van der Waals surface area contributed by atoms with Gasteiger partial charge in [-0.2, -0.15) is 0 Å². The molecule has 7 nitrogen and oxygen atoms in total. The van der Waals surface area contributed by atoms with Gasteiger partial charge in [0.2, 0.25) is 5.91 Å². The summed E-state index contributed by atoms with van der Waals surface area (Å²) < 4.78 is 0. The molecule has 1 aromatic carbocycles. The summed E-state index contributed by atoms with van der Waals surface area (Å²) in [6.45, 7) is -0.602. The highest BCUT2D eigenvalue weighted by Crippen LogP contribution is 2.29. The summed E-state index contributed by atoms with van der Waals surface area (Å²) in [5, 5.41) is 2.82. The zero-order valence-electron chi connectivity index (χ0n) is 10.7. The summed E-state index contributed by atoms with van der Waals surface area (Å²) in [7, 11) is 1.16. The summed E-state index contributed by atoms with van der Waals surface area (Å²) in [6, 6.07) is 3.78. The Bertz CT molecular complexity index is 642. The largest absolute Gasteiger partial charge is 0.334 e. The highest BCUT2D eigenvalue weighted by Gasteiger charge is 2.43. The lowest BCUT2D eigenvalue weighted by Crippen LogP contribution is -2.38. The van der Waals surface area contributed by atoms with Gasteiger partial charge in [-0.3, -0.25) is 19.3 Å². The van der Waals surface area contributed by atoms with Crippen molar-refractivity contribution in [2.45, 2.75) is 0 Å². The van der Waals surface area contributed by atoms with Crippen molar-refractivity contribution in [2.24, 2.45) is 0 Å². The van der Waals surface area contributed by atoms with E-state index in [9.17, 15) is 19.2 Å². The molecule has 2 rings (SSSR count). The number of likely N-dealkylation sites (N-methyl/N-ethyl adjacent to an activating group) is 1.